The molecule has 2 aliphatic carbocycles. The summed E-state index contributed by atoms with van der Waals surface area (Å²) >= 11 is 0. The van der Waals surface area contributed by atoms with Crippen LogP contribution in [0.1, 0.15) is 87.8 Å². The Balaban J connectivity index is 1.64. The van der Waals surface area contributed by atoms with E-state index in [9.17, 15) is 0 Å². The first-order chi connectivity index (χ1) is 12.2. The number of halogens is 1. The summed E-state index contributed by atoms with van der Waals surface area (Å²) in [4.78, 5) is 0. The lowest BCUT2D eigenvalue weighted by Gasteiger charge is -2.30. The van der Waals surface area contributed by atoms with Crippen molar-refractivity contribution in [2.24, 2.45) is 5.92 Å². The quantitative estimate of drug-likeness (QED) is 0.477. The third kappa shape index (κ3) is 4.43. The van der Waals surface area contributed by atoms with Gasteiger partial charge in [0.25, 0.3) is 0 Å². The highest BCUT2D eigenvalue weighted by Gasteiger charge is 2.26. The predicted molar refractivity (Wildman–Crippen MR) is 106 cm³/mol. The van der Waals surface area contributed by atoms with Crippen molar-refractivity contribution in [1.29, 1.82) is 0 Å². The van der Waals surface area contributed by atoms with E-state index in [4.69, 9.17) is 0 Å². The fraction of sp³-hybridized carbons (Fsp3) is 0.583. The van der Waals surface area contributed by atoms with E-state index in [0.29, 0.717) is 5.92 Å². The molecule has 0 bridgehead atoms. The Bertz CT molecular complexity index is 630. The maximum absolute atomic E-state index is 15.2. The number of benzene rings is 1. The molecule has 0 nitrogen and oxygen atoms in total. The molecule has 0 spiro atoms. The number of fused-ring (bicyclic) bond motifs is 1. The zero-order valence-corrected chi connectivity index (χ0v) is 16.0. The topological polar surface area (TPSA) is 0 Å². The number of allylic oxidation sites excluding steroid dienone is 4. The van der Waals surface area contributed by atoms with E-state index in [1.165, 1.54) is 43.2 Å². The summed E-state index contributed by atoms with van der Waals surface area (Å²) in [6.07, 6.45) is 18.1. The Labute approximate surface area is 153 Å². The minimum Gasteiger partial charge on any atom is -0.206 e. The summed E-state index contributed by atoms with van der Waals surface area (Å²) in [6, 6.07) is 4.32. The Morgan fingerprint density at radius 2 is 1.96 bits per heavy atom. The van der Waals surface area contributed by atoms with Crippen LogP contribution in [0.5, 0.6) is 0 Å². The van der Waals surface area contributed by atoms with Crippen molar-refractivity contribution in [1.82, 2.24) is 0 Å². The minimum atomic E-state index is 0.113. The maximum atomic E-state index is 15.2. The summed E-state index contributed by atoms with van der Waals surface area (Å²) < 4.78 is 15.2. The van der Waals surface area contributed by atoms with Gasteiger partial charge in [-0.3, -0.25) is 0 Å². The van der Waals surface area contributed by atoms with Gasteiger partial charge in [-0.2, -0.15) is 0 Å². The van der Waals surface area contributed by atoms with Gasteiger partial charge in [-0.15, -0.1) is 0 Å². The van der Waals surface area contributed by atoms with Gasteiger partial charge >= 0.3 is 0 Å². The lowest BCUT2D eigenvalue weighted by Crippen LogP contribution is -2.16. The monoisotopic (exact) mass is 340 g/mol. The van der Waals surface area contributed by atoms with Crippen LogP contribution in [0, 0.1) is 11.7 Å². The summed E-state index contributed by atoms with van der Waals surface area (Å²) in [7, 11) is 0. The molecular weight excluding hydrogens is 307 g/mol. The first-order valence-corrected chi connectivity index (χ1v) is 10.3. The van der Waals surface area contributed by atoms with Gasteiger partial charge in [-0.1, -0.05) is 49.3 Å². The second-order valence-corrected chi connectivity index (χ2v) is 7.96. The molecule has 0 unspecified atom stereocenters. The van der Waals surface area contributed by atoms with Crippen LogP contribution in [0.4, 0.5) is 4.39 Å². The van der Waals surface area contributed by atoms with E-state index in [-0.39, 0.29) is 5.82 Å². The molecule has 0 saturated heterocycles. The maximum Gasteiger partial charge on any atom is 0.130 e. The van der Waals surface area contributed by atoms with Crippen molar-refractivity contribution in [3.05, 3.63) is 58.4 Å². The first kappa shape index (κ1) is 18.4. The molecule has 1 fully saturated rings. The Hall–Kier alpha value is -1.37. The van der Waals surface area contributed by atoms with E-state index in [1.54, 1.807) is 0 Å². The van der Waals surface area contributed by atoms with E-state index in [1.807, 2.05) is 0 Å². The molecular formula is C24H33F. The van der Waals surface area contributed by atoms with Crippen LogP contribution in [0.3, 0.4) is 0 Å². The van der Waals surface area contributed by atoms with Gasteiger partial charge in [-0.05, 0) is 93.2 Å². The molecule has 1 aromatic rings. The highest BCUT2D eigenvalue weighted by atomic mass is 19.1. The Morgan fingerprint density at radius 3 is 2.68 bits per heavy atom. The van der Waals surface area contributed by atoms with Gasteiger partial charge in [0.2, 0.25) is 0 Å². The van der Waals surface area contributed by atoms with Crippen LogP contribution in [-0.4, -0.2) is 0 Å². The fourth-order valence-corrected chi connectivity index (χ4v) is 4.72. The highest BCUT2D eigenvalue weighted by Crippen LogP contribution is 2.40. The average molecular weight is 341 g/mol. The minimum absolute atomic E-state index is 0.113. The van der Waals surface area contributed by atoms with Gasteiger partial charge < -0.3 is 0 Å². The van der Waals surface area contributed by atoms with E-state index in [0.717, 1.165) is 49.1 Å². The fourth-order valence-electron chi connectivity index (χ4n) is 4.72. The average Bonchev–Trinajstić information content (AvgIpc) is 2.63. The van der Waals surface area contributed by atoms with Gasteiger partial charge in [0.1, 0.15) is 5.82 Å². The molecule has 0 radical (unpaired) electrons. The summed E-state index contributed by atoms with van der Waals surface area (Å²) in [5, 5.41) is 0. The molecule has 3 rings (SSSR count). The predicted octanol–water partition coefficient (Wildman–Crippen LogP) is 7.28. The van der Waals surface area contributed by atoms with Crippen molar-refractivity contribution < 1.29 is 4.39 Å². The second kappa shape index (κ2) is 8.83. The molecule has 2 aliphatic rings. The van der Waals surface area contributed by atoms with Crippen LogP contribution < -0.4 is 0 Å². The van der Waals surface area contributed by atoms with Gasteiger partial charge in [0.15, 0.2) is 0 Å². The van der Waals surface area contributed by atoms with Gasteiger partial charge in [-0.25, -0.2) is 4.39 Å². The van der Waals surface area contributed by atoms with Crippen molar-refractivity contribution in [2.45, 2.75) is 84.0 Å². The second-order valence-electron chi connectivity index (χ2n) is 7.96. The van der Waals surface area contributed by atoms with E-state index in [2.05, 4.69) is 44.2 Å². The number of hydrogen-bond donors (Lipinski definition) is 0. The molecule has 0 amide bonds. The van der Waals surface area contributed by atoms with Gasteiger partial charge in [0, 0.05) is 0 Å². The molecule has 0 atom stereocenters. The normalized spacial score (nSPS) is 23.6. The van der Waals surface area contributed by atoms with E-state index >= 15 is 4.39 Å². The summed E-state index contributed by atoms with van der Waals surface area (Å²) in [5.74, 6) is 1.39. The highest BCUT2D eigenvalue weighted by molar-refractivity contribution is 5.42. The van der Waals surface area contributed by atoms with Crippen LogP contribution >= 0.6 is 0 Å². The van der Waals surface area contributed by atoms with Crippen LogP contribution in [0.2, 0.25) is 0 Å². The standard InChI is InChI=1S/C24H33F/c1-3-5-6-8-18-9-12-20(13-10-18)22-16-14-21-17-19(7-4-2)11-15-23(21)24(22)25/h3,5,11,14,16,18,20H,4,6-10,12-13,15,17H2,1-2H3. The summed E-state index contributed by atoms with van der Waals surface area (Å²) in [5.41, 5.74) is 4.70. The molecule has 1 saturated carbocycles. The smallest absolute Gasteiger partial charge is 0.130 e. The molecule has 0 aromatic heterocycles. The molecule has 25 heavy (non-hydrogen) atoms. The SMILES string of the molecule is CC=CCCC1CCC(c2ccc3c(c2F)CC=C(CCC)C3)CC1. The molecule has 1 heteroatoms. The van der Waals surface area contributed by atoms with Gasteiger partial charge in [0.05, 0.1) is 0 Å². The number of rotatable bonds is 6. The lowest BCUT2D eigenvalue weighted by atomic mass is 9.76. The van der Waals surface area contributed by atoms with Crippen LogP contribution in [0.25, 0.3) is 0 Å². The molecule has 0 aliphatic heterocycles. The number of hydrogen-bond acceptors (Lipinski definition) is 0. The van der Waals surface area contributed by atoms with Crippen LogP contribution in [-0.2, 0) is 12.8 Å². The molecule has 0 N–H and O–H groups in total. The zero-order valence-electron chi connectivity index (χ0n) is 16.0. The molecule has 1 aromatic carbocycles. The van der Waals surface area contributed by atoms with Crippen LogP contribution in [0.15, 0.2) is 35.9 Å². The Morgan fingerprint density at radius 1 is 1.16 bits per heavy atom. The summed E-state index contributed by atoms with van der Waals surface area (Å²) in [6.45, 7) is 4.31. The molecule has 136 valence electrons. The Kier molecular flexibility index (Phi) is 6.51. The first-order valence-electron chi connectivity index (χ1n) is 10.3. The lowest BCUT2D eigenvalue weighted by molar-refractivity contribution is 0.307. The van der Waals surface area contributed by atoms with Crippen molar-refractivity contribution in [2.75, 3.05) is 0 Å². The third-order valence-electron chi connectivity index (χ3n) is 6.22. The molecule has 0 heterocycles. The van der Waals surface area contributed by atoms with E-state index < -0.39 is 0 Å². The zero-order chi connectivity index (χ0) is 17.6. The van der Waals surface area contributed by atoms with Crippen molar-refractivity contribution in [3.8, 4) is 0 Å². The largest absolute Gasteiger partial charge is 0.206 e. The van der Waals surface area contributed by atoms with Crippen molar-refractivity contribution >= 4 is 0 Å². The third-order valence-corrected chi connectivity index (χ3v) is 6.22. The van der Waals surface area contributed by atoms with Crippen molar-refractivity contribution in [3.63, 3.8) is 0 Å².